The van der Waals surface area contributed by atoms with Crippen LogP contribution in [0.5, 0.6) is 23.0 Å². The summed E-state index contributed by atoms with van der Waals surface area (Å²) in [6, 6.07) is 16.0. The van der Waals surface area contributed by atoms with Crippen molar-refractivity contribution < 1.29 is 33.3 Å². The molecular weight excluding hydrogens is 502 g/mol. The third-order valence-electron chi connectivity index (χ3n) is 4.90. The first-order valence-electron chi connectivity index (χ1n) is 10.8. The van der Waals surface area contributed by atoms with Crippen molar-refractivity contribution in [2.75, 3.05) is 27.9 Å². The Kier molecular flexibility index (Phi) is 9.45. The number of nitrogens with zero attached hydrogens (tertiary/aromatic N) is 1. The standard InChI is InChI=1S/C26H24ClN3O7/c1-34-21-12-17(13-22(35-2)24(21)36-3)25(32)28-15-23(31)30-29-14-16-7-6-8-18(11-16)37-26(33)19-9-4-5-10-20(19)27/h4-14H,15H2,1-3H3,(H,28,32)(H,30,31). The fourth-order valence-electron chi connectivity index (χ4n) is 3.14. The SMILES string of the molecule is COc1cc(C(=O)NCC(=O)NN=Cc2cccc(OC(=O)c3ccccc3Cl)c2)cc(OC)c1OC. The molecular formula is C26H24ClN3O7. The fourth-order valence-corrected chi connectivity index (χ4v) is 3.35. The third-order valence-corrected chi connectivity index (χ3v) is 5.23. The lowest BCUT2D eigenvalue weighted by Gasteiger charge is -2.14. The maximum atomic E-state index is 12.5. The molecule has 3 aromatic rings. The van der Waals surface area contributed by atoms with E-state index < -0.39 is 17.8 Å². The summed E-state index contributed by atoms with van der Waals surface area (Å²) < 4.78 is 21.1. The molecule has 0 heterocycles. The number of hydrazone groups is 1. The predicted octanol–water partition coefficient (Wildman–Crippen LogP) is 3.47. The van der Waals surface area contributed by atoms with Crippen molar-refractivity contribution in [3.63, 3.8) is 0 Å². The van der Waals surface area contributed by atoms with Gasteiger partial charge in [0.1, 0.15) is 5.75 Å². The van der Waals surface area contributed by atoms with Gasteiger partial charge in [-0.15, -0.1) is 0 Å². The van der Waals surface area contributed by atoms with Crippen molar-refractivity contribution in [2.24, 2.45) is 5.10 Å². The van der Waals surface area contributed by atoms with Gasteiger partial charge in [0.15, 0.2) is 11.5 Å². The number of ether oxygens (including phenoxy) is 4. The smallest absolute Gasteiger partial charge is 0.345 e. The Labute approximate surface area is 218 Å². The summed E-state index contributed by atoms with van der Waals surface area (Å²) in [5.41, 5.74) is 3.33. The summed E-state index contributed by atoms with van der Waals surface area (Å²) in [5.74, 6) is -0.448. The summed E-state index contributed by atoms with van der Waals surface area (Å²) >= 11 is 6.03. The van der Waals surface area contributed by atoms with Crippen molar-refractivity contribution in [3.8, 4) is 23.0 Å². The van der Waals surface area contributed by atoms with Crippen molar-refractivity contribution >= 4 is 35.6 Å². The Morgan fingerprint density at radius 2 is 1.62 bits per heavy atom. The van der Waals surface area contributed by atoms with E-state index in [4.69, 9.17) is 30.5 Å². The number of carbonyl (C=O) groups excluding carboxylic acids is 3. The second-order valence-corrected chi connectivity index (χ2v) is 7.74. The minimum Gasteiger partial charge on any atom is -0.493 e. The lowest BCUT2D eigenvalue weighted by molar-refractivity contribution is -0.120. The molecule has 3 rings (SSSR count). The molecule has 0 unspecified atom stereocenters. The molecule has 2 amide bonds. The van der Waals surface area contributed by atoms with Gasteiger partial charge in [-0.25, -0.2) is 10.2 Å². The molecule has 0 aliphatic heterocycles. The van der Waals surface area contributed by atoms with E-state index >= 15 is 0 Å². The lowest BCUT2D eigenvalue weighted by Crippen LogP contribution is -2.34. The number of benzene rings is 3. The molecule has 11 heteroatoms. The van der Waals surface area contributed by atoms with Gasteiger partial charge in [-0.2, -0.15) is 5.10 Å². The number of methoxy groups -OCH3 is 3. The highest BCUT2D eigenvalue weighted by atomic mass is 35.5. The summed E-state index contributed by atoms with van der Waals surface area (Å²) in [4.78, 5) is 37.0. The molecule has 192 valence electrons. The first-order valence-corrected chi connectivity index (χ1v) is 11.2. The Balaban J connectivity index is 1.54. The van der Waals surface area contributed by atoms with Gasteiger partial charge in [0.05, 0.1) is 44.7 Å². The number of rotatable bonds is 10. The Bertz CT molecular complexity index is 1300. The minimum atomic E-state index is -0.601. The molecule has 0 radical (unpaired) electrons. The predicted molar refractivity (Wildman–Crippen MR) is 137 cm³/mol. The molecule has 0 bridgehead atoms. The molecule has 0 spiro atoms. The van der Waals surface area contributed by atoms with E-state index in [-0.39, 0.29) is 28.4 Å². The Morgan fingerprint density at radius 1 is 0.919 bits per heavy atom. The molecule has 0 saturated carbocycles. The molecule has 0 atom stereocenters. The lowest BCUT2D eigenvalue weighted by atomic mass is 10.1. The molecule has 0 aliphatic rings. The molecule has 37 heavy (non-hydrogen) atoms. The monoisotopic (exact) mass is 525 g/mol. The van der Waals surface area contributed by atoms with Crippen LogP contribution in [0.2, 0.25) is 5.02 Å². The molecule has 2 N–H and O–H groups in total. The van der Waals surface area contributed by atoms with Crippen LogP contribution < -0.4 is 29.7 Å². The average molecular weight is 526 g/mol. The molecule has 0 aliphatic carbocycles. The van der Waals surface area contributed by atoms with Crippen molar-refractivity contribution in [1.82, 2.24) is 10.7 Å². The van der Waals surface area contributed by atoms with Crippen LogP contribution in [0.15, 0.2) is 65.8 Å². The van der Waals surface area contributed by atoms with Gasteiger partial charge in [-0.1, -0.05) is 35.9 Å². The van der Waals surface area contributed by atoms with Gasteiger partial charge in [0.25, 0.3) is 11.8 Å². The maximum absolute atomic E-state index is 12.5. The second kappa shape index (κ2) is 12.9. The van der Waals surface area contributed by atoms with E-state index in [2.05, 4.69) is 15.8 Å². The van der Waals surface area contributed by atoms with Crippen LogP contribution in [-0.2, 0) is 4.79 Å². The molecule has 10 nitrogen and oxygen atoms in total. The van der Waals surface area contributed by atoms with E-state index in [9.17, 15) is 14.4 Å². The van der Waals surface area contributed by atoms with Crippen molar-refractivity contribution in [2.45, 2.75) is 0 Å². The summed E-state index contributed by atoms with van der Waals surface area (Å²) in [7, 11) is 4.32. The largest absolute Gasteiger partial charge is 0.493 e. The Morgan fingerprint density at radius 3 is 2.27 bits per heavy atom. The highest BCUT2D eigenvalue weighted by Gasteiger charge is 2.17. The maximum Gasteiger partial charge on any atom is 0.345 e. The quantitative estimate of drug-likeness (QED) is 0.180. The highest BCUT2D eigenvalue weighted by molar-refractivity contribution is 6.33. The zero-order valence-corrected chi connectivity index (χ0v) is 21.0. The molecule has 0 fully saturated rings. The van der Waals surface area contributed by atoms with Gasteiger partial charge in [0, 0.05) is 5.56 Å². The number of hydrogen-bond acceptors (Lipinski definition) is 8. The molecule has 0 saturated heterocycles. The molecule has 0 aromatic heterocycles. The zero-order valence-electron chi connectivity index (χ0n) is 20.2. The first-order chi connectivity index (χ1) is 17.9. The summed E-state index contributed by atoms with van der Waals surface area (Å²) in [6.07, 6.45) is 1.37. The second-order valence-electron chi connectivity index (χ2n) is 7.33. The van der Waals surface area contributed by atoms with Gasteiger partial charge in [0.2, 0.25) is 5.75 Å². The van der Waals surface area contributed by atoms with Crippen LogP contribution in [0.1, 0.15) is 26.3 Å². The summed E-state index contributed by atoms with van der Waals surface area (Å²) in [6.45, 7) is -0.331. The normalized spacial score (nSPS) is 10.5. The van der Waals surface area contributed by atoms with Crippen LogP contribution in [0.3, 0.4) is 0 Å². The van der Waals surface area contributed by atoms with Gasteiger partial charge >= 0.3 is 5.97 Å². The minimum absolute atomic E-state index is 0.217. The fraction of sp³-hybridized carbons (Fsp3) is 0.154. The number of nitrogens with one attached hydrogen (secondary N) is 2. The first kappa shape index (κ1) is 27.0. The van der Waals surface area contributed by atoms with Crippen LogP contribution in [-0.4, -0.2) is 51.9 Å². The van der Waals surface area contributed by atoms with E-state index in [0.29, 0.717) is 22.8 Å². The number of halogens is 1. The molecule has 3 aromatic carbocycles. The van der Waals surface area contributed by atoms with Crippen LogP contribution in [0.25, 0.3) is 0 Å². The van der Waals surface area contributed by atoms with E-state index in [1.165, 1.54) is 39.7 Å². The van der Waals surface area contributed by atoms with Gasteiger partial charge in [-0.3, -0.25) is 9.59 Å². The van der Waals surface area contributed by atoms with E-state index in [1.54, 1.807) is 48.5 Å². The number of amides is 2. The van der Waals surface area contributed by atoms with E-state index in [0.717, 1.165) is 0 Å². The number of hydrogen-bond donors (Lipinski definition) is 2. The number of esters is 1. The topological polar surface area (TPSA) is 125 Å². The van der Waals surface area contributed by atoms with Gasteiger partial charge in [-0.05, 0) is 42.0 Å². The van der Waals surface area contributed by atoms with Crippen LogP contribution >= 0.6 is 11.6 Å². The van der Waals surface area contributed by atoms with Crippen LogP contribution in [0.4, 0.5) is 0 Å². The Hall–Kier alpha value is -4.57. The van der Waals surface area contributed by atoms with Gasteiger partial charge < -0.3 is 24.3 Å². The summed E-state index contributed by atoms with van der Waals surface area (Å²) in [5, 5.41) is 6.64. The zero-order chi connectivity index (χ0) is 26.8. The van der Waals surface area contributed by atoms with Crippen molar-refractivity contribution in [3.05, 3.63) is 82.4 Å². The van der Waals surface area contributed by atoms with Crippen LogP contribution in [0, 0.1) is 0 Å². The third kappa shape index (κ3) is 7.21. The van der Waals surface area contributed by atoms with E-state index in [1.807, 2.05) is 0 Å². The number of carbonyl (C=O) groups is 3. The highest BCUT2D eigenvalue weighted by Crippen LogP contribution is 2.38. The van der Waals surface area contributed by atoms with Crippen molar-refractivity contribution in [1.29, 1.82) is 0 Å². The average Bonchev–Trinajstić information content (AvgIpc) is 2.91.